The minimum Gasteiger partial charge on any atom is -0.392 e. The summed E-state index contributed by atoms with van der Waals surface area (Å²) >= 11 is 3.60. The molecule has 0 spiro atoms. The Hall–Kier alpha value is -0.900. The maximum absolute atomic E-state index is 11.2. The van der Waals surface area contributed by atoms with Crippen molar-refractivity contribution in [2.45, 2.75) is 64.4 Å². The zero-order valence-electron chi connectivity index (χ0n) is 17.3. The molecule has 28 heavy (non-hydrogen) atoms. The fourth-order valence-corrected chi connectivity index (χ4v) is 6.86. The predicted octanol–water partition coefficient (Wildman–Crippen LogP) is 6.20. The molecule has 0 amide bonds. The molecule has 0 unspecified atom stereocenters. The molecule has 2 fully saturated rings. The van der Waals surface area contributed by atoms with Gasteiger partial charge in [-0.05, 0) is 77.8 Å². The quantitative estimate of drug-likeness (QED) is 0.489. The van der Waals surface area contributed by atoms with Crippen molar-refractivity contribution in [1.29, 1.82) is 0 Å². The second kappa shape index (κ2) is 9.28. The molecule has 0 radical (unpaired) electrons. The summed E-state index contributed by atoms with van der Waals surface area (Å²) in [5, 5.41) is 20.9. The van der Waals surface area contributed by atoms with Gasteiger partial charge in [0.25, 0.3) is 0 Å². The third kappa shape index (κ3) is 4.17. The number of aliphatic hydroxyl groups excluding tert-OH is 2. The van der Waals surface area contributed by atoms with Crippen LogP contribution in [-0.2, 0) is 0 Å². The van der Waals surface area contributed by atoms with E-state index in [0.29, 0.717) is 28.7 Å². The summed E-state index contributed by atoms with van der Waals surface area (Å²) < 4.78 is 0. The van der Waals surface area contributed by atoms with Crippen LogP contribution in [0.25, 0.3) is 0 Å². The lowest BCUT2D eigenvalue weighted by molar-refractivity contribution is 0.0572. The third-order valence-electron chi connectivity index (χ3n) is 7.66. The number of aliphatic hydroxyl groups is 2. The standard InChI is InChI=1S/C25H35BrO2/c1-17(21-11-12-22-20(15-26)10-7-13-25(21,22)3)14-23(28)24(18(2)16-27)19-8-5-4-6-9-19/h4-6,8-9,15,17,21-24,27-28H,2,7,10-14,16H2,1,3H3/b20-15+/t17-,21-,22+,23+,24+,25-/m1/s1. The summed E-state index contributed by atoms with van der Waals surface area (Å²) in [5.41, 5.74) is 3.66. The number of fused-ring (bicyclic) bond motifs is 1. The molecule has 0 heterocycles. The monoisotopic (exact) mass is 446 g/mol. The molecule has 2 nitrogen and oxygen atoms in total. The van der Waals surface area contributed by atoms with Gasteiger partial charge in [-0.25, -0.2) is 0 Å². The highest BCUT2D eigenvalue weighted by Gasteiger charge is 2.50. The number of allylic oxidation sites excluding steroid dienone is 1. The number of hydrogen-bond donors (Lipinski definition) is 2. The van der Waals surface area contributed by atoms with Crippen molar-refractivity contribution < 1.29 is 10.2 Å². The highest BCUT2D eigenvalue weighted by atomic mass is 79.9. The van der Waals surface area contributed by atoms with Crippen LogP contribution < -0.4 is 0 Å². The molecule has 3 rings (SSSR count). The van der Waals surface area contributed by atoms with Gasteiger partial charge in [0.2, 0.25) is 0 Å². The average molecular weight is 447 g/mol. The van der Waals surface area contributed by atoms with Gasteiger partial charge in [-0.15, -0.1) is 0 Å². The molecular formula is C25H35BrO2. The van der Waals surface area contributed by atoms with Gasteiger partial charge >= 0.3 is 0 Å². The number of hydrogen-bond acceptors (Lipinski definition) is 2. The van der Waals surface area contributed by atoms with E-state index in [0.717, 1.165) is 12.0 Å². The van der Waals surface area contributed by atoms with Crippen molar-refractivity contribution in [1.82, 2.24) is 0 Å². The fraction of sp³-hybridized carbons (Fsp3) is 0.600. The highest BCUT2D eigenvalue weighted by molar-refractivity contribution is 9.11. The lowest BCUT2D eigenvalue weighted by Gasteiger charge is -2.44. The molecular weight excluding hydrogens is 412 g/mol. The second-order valence-corrected chi connectivity index (χ2v) is 9.72. The van der Waals surface area contributed by atoms with Gasteiger partial charge in [0.15, 0.2) is 0 Å². The van der Waals surface area contributed by atoms with Gasteiger partial charge < -0.3 is 10.2 Å². The number of rotatable bonds is 7. The summed E-state index contributed by atoms with van der Waals surface area (Å²) in [6.45, 7) is 8.76. The average Bonchev–Trinajstić information content (AvgIpc) is 3.05. The van der Waals surface area contributed by atoms with E-state index in [9.17, 15) is 10.2 Å². The fourth-order valence-electron chi connectivity index (χ4n) is 6.32. The van der Waals surface area contributed by atoms with Crippen LogP contribution in [0.2, 0.25) is 0 Å². The van der Waals surface area contributed by atoms with Crippen LogP contribution in [0, 0.1) is 23.2 Å². The second-order valence-electron chi connectivity index (χ2n) is 9.26. The maximum Gasteiger partial charge on any atom is 0.0649 e. The van der Waals surface area contributed by atoms with Crippen molar-refractivity contribution in [2.24, 2.45) is 23.2 Å². The van der Waals surface area contributed by atoms with Gasteiger partial charge in [0.05, 0.1) is 12.7 Å². The lowest BCUT2D eigenvalue weighted by Crippen LogP contribution is -2.37. The third-order valence-corrected chi connectivity index (χ3v) is 8.25. The van der Waals surface area contributed by atoms with E-state index in [2.05, 4.69) is 41.3 Å². The zero-order chi connectivity index (χ0) is 20.3. The van der Waals surface area contributed by atoms with Crippen molar-refractivity contribution in [3.63, 3.8) is 0 Å². The Bertz CT molecular complexity index is 698. The van der Waals surface area contributed by atoms with Crippen LogP contribution in [0.1, 0.15) is 63.9 Å². The Morgan fingerprint density at radius 3 is 2.68 bits per heavy atom. The van der Waals surface area contributed by atoms with E-state index in [1.54, 1.807) is 5.57 Å². The first-order chi connectivity index (χ1) is 13.4. The molecule has 154 valence electrons. The molecule has 1 aromatic carbocycles. The molecule has 0 saturated heterocycles. The largest absolute Gasteiger partial charge is 0.392 e. The van der Waals surface area contributed by atoms with Gasteiger partial charge in [-0.3, -0.25) is 0 Å². The van der Waals surface area contributed by atoms with Crippen molar-refractivity contribution in [3.05, 3.63) is 58.6 Å². The summed E-state index contributed by atoms with van der Waals surface area (Å²) in [5.74, 6) is 1.55. The molecule has 6 atom stereocenters. The first-order valence-electron chi connectivity index (χ1n) is 10.7. The predicted molar refractivity (Wildman–Crippen MR) is 120 cm³/mol. The highest BCUT2D eigenvalue weighted by Crippen LogP contribution is 2.60. The Labute approximate surface area is 178 Å². The molecule has 2 saturated carbocycles. The summed E-state index contributed by atoms with van der Waals surface area (Å²) in [6.07, 6.45) is 6.53. The Morgan fingerprint density at radius 1 is 1.32 bits per heavy atom. The number of benzene rings is 1. The van der Waals surface area contributed by atoms with Crippen LogP contribution in [0.4, 0.5) is 0 Å². The van der Waals surface area contributed by atoms with E-state index in [1.807, 2.05) is 30.3 Å². The normalized spacial score (nSPS) is 32.0. The van der Waals surface area contributed by atoms with Gasteiger partial charge in [-0.2, -0.15) is 0 Å². The van der Waals surface area contributed by atoms with E-state index in [1.165, 1.54) is 32.1 Å². The Kier molecular flexibility index (Phi) is 7.22. The molecule has 0 bridgehead atoms. The van der Waals surface area contributed by atoms with Gasteiger partial charge in [0, 0.05) is 5.92 Å². The minimum atomic E-state index is -0.519. The molecule has 0 aliphatic heterocycles. The van der Waals surface area contributed by atoms with Crippen molar-refractivity contribution in [2.75, 3.05) is 6.61 Å². The van der Waals surface area contributed by atoms with Gasteiger partial charge in [0.1, 0.15) is 0 Å². The minimum absolute atomic E-state index is 0.0897. The SMILES string of the molecule is C=C(CO)[C@@H](c1ccccc1)[C@@H](O)C[C@@H](C)[C@H]1CC[C@H]2/C(=C/Br)CCC[C@]12C. The Morgan fingerprint density at radius 2 is 2.04 bits per heavy atom. The molecule has 2 aliphatic carbocycles. The van der Waals surface area contributed by atoms with Crippen LogP contribution >= 0.6 is 15.9 Å². The van der Waals surface area contributed by atoms with E-state index < -0.39 is 6.10 Å². The van der Waals surface area contributed by atoms with E-state index in [4.69, 9.17) is 0 Å². The van der Waals surface area contributed by atoms with Crippen LogP contribution in [-0.4, -0.2) is 22.9 Å². The number of halogens is 1. The first kappa shape index (κ1) is 21.8. The summed E-state index contributed by atoms with van der Waals surface area (Å²) in [4.78, 5) is 2.17. The first-order valence-corrected chi connectivity index (χ1v) is 11.6. The summed E-state index contributed by atoms with van der Waals surface area (Å²) in [7, 11) is 0. The van der Waals surface area contributed by atoms with Gasteiger partial charge in [-0.1, -0.05) is 72.3 Å². The topological polar surface area (TPSA) is 40.5 Å². The van der Waals surface area contributed by atoms with Crippen LogP contribution in [0.15, 0.2) is 53.0 Å². The van der Waals surface area contributed by atoms with E-state index in [-0.39, 0.29) is 12.5 Å². The van der Waals surface area contributed by atoms with Crippen molar-refractivity contribution >= 4 is 15.9 Å². The molecule has 1 aromatic rings. The van der Waals surface area contributed by atoms with Crippen LogP contribution in [0.5, 0.6) is 0 Å². The molecule has 2 aliphatic rings. The molecule has 3 heteroatoms. The summed E-state index contributed by atoms with van der Waals surface area (Å²) in [6, 6.07) is 10.0. The van der Waals surface area contributed by atoms with Crippen molar-refractivity contribution in [3.8, 4) is 0 Å². The smallest absolute Gasteiger partial charge is 0.0649 e. The maximum atomic E-state index is 11.2. The van der Waals surface area contributed by atoms with E-state index >= 15 is 0 Å². The molecule has 0 aromatic heterocycles. The van der Waals surface area contributed by atoms with Crippen LogP contribution in [0.3, 0.4) is 0 Å². The zero-order valence-corrected chi connectivity index (χ0v) is 18.9. The Balaban J connectivity index is 1.76. The molecule has 2 N–H and O–H groups in total. The lowest BCUT2D eigenvalue weighted by atomic mass is 9.61.